The highest BCUT2D eigenvalue weighted by Gasteiger charge is 2.12. The summed E-state index contributed by atoms with van der Waals surface area (Å²) in [6, 6.07) is 12.3. The fraction of sp³-hybridized carbons (Fsp3) is 0.0556. The number of rotatable bonds is 4. The molecule has 3 heterocycles. The molecule has 0 unspecified atom stereocenters. The van der Waals surface area contributed by atoms with Crippen LogP contribution in [0.25, 0.3) is 16.9 Å². The Morgan fingerprint density at radius 2 is 1.93 bits per heavy atom. The molecule has 0 saturated carbocycles. The average molecular weight is 362 g/mol. The van der Waals surface area contributed by atoms with Gasteiger partial charge in [0.15, 0.2) is 0 Å². The van der Waals surface area contributed by atoms with Crippen LogP contribution in [-0.2, 0) is 6.54 Å². The van der Waals surface area contributed by atoms with E-state index in [4.69, 9.17) is 0 Å². The van der Waals surface area contributed by atoms with E-state index in [2.05, 4.69) is 20.3 Å². The Hall–Kier alpha value is -4.01. The standard InChI is InChI=1S/C18H14N6O3/c25-15-8-13(22-18(27)23-15)17(26)20-9-11-4-3-7-19-16(11)24-10-21-12-5-1-2-6-14(12)24/h1-8,10H,9H2,(H,20,26)(H2,22,23,25,27). The molecular formula is C18H14N6O3. The second kappa shape index (κ2) is 6.71. The predicted octanol–water partition coefficient (Wildman–Crippen LogP) is 0.727. The summed E-state index contributed by atoms with van der Waals surface area (Å²) in [5.74, 6) is 0.0643. The molecule has 0 aliphatic rings. The first-order valence-corrected chi connectivity index (χ1v) is 8.10. The van der Waals surface area contributed by atoms with Crippen LogP contribution in [0.15, 0.2) is 64.6 Å². The van der Waals surface area contributed by atoms with Crippen molar-refractivity contribution in [2.45, 2.75) is 6.54 Å². The van der Waals surface area contributed by atoms with Gasteiger partial charge >= 0.3 is 5.69 Å². The van der Waals surface area contributed by atoms with E-state index in [1.807, 2.05) is 39.9 Å². The van der Waals surface area contributed by atoms with E-state index in [9.17, 15) is 14.4 Å². The Bertz CT molecular complexity index is 1230. The fourth-order valence-electron chi connectivity index (χ4n) is 2.77. The van der Waals surface area contributed by atoms with Gasteiger partial charge in [-0.2, -0.15) is 0 Å². The third-order valence-corrected chi connectivity index (χ3v) is 3.99. The van der Waals surface area contributed by atoms with Crippen molar-refractivity contribution in [3.8, 4) is 5.82 Å². The summed E-state index contributed by atoms with van der Waals surface area (Å²) in [5, 5.41) is 2.68. The number of nitrogens with zero attached hydrogens (tertiary/aromatic N) is 3. The maximum Gasteiger partial charge on any atom is 0.326 e. The van der Waals surface area contributed by atoms with Gasteiger partial charge in [0.25, 0.3) is 11.5 Å². The number of benzene rings is 1. The molecule has 0 bridgehead atoms. The molecule has 0 fully saturated rings. The second-order valence-corrected chi connectivity index (χ2v) is 5.77. The Balaban J connectivity index is 1.63. The summed E-state index contributed by atoms with van der Waals surface area (Å²) < 4.78 is 1.84. The van der Waals surface area contributed by atoms with Gasteiger partial charge in [0, 0.05) is 24.4 Å². The Kier molecular flexibility index (Phi) is 4.09. The van der Waals surface area contributed by atoms with Crippen LogP contribution >= 0.6 is 0 Å². The Morgan fingerprint density at radius 1 is 1.07 bits per heavy atom. The van der Waals surface area contributed by atoms with Crippen LogP contribution in [0, 0.1) is 0 Å². The monoisotopic (exact) mass is 362 g/mol. The van der Waals surface area contributed by atoms with Gasteiger partial charge in [0.1, 0.15) is 17.8 Å². The summed E-state index contributed by atoms with van der Waals surface area (Å²) >= 11 is 0. The molecule has 134 valence electrons. The summed E-state index contributed by atoms with van der Waals surface area (Å²) in [7, 11) is 0. The molecule has 0 spiro atoms. The van der Waals surface area contributed by atoms with Gasteiger partial charge < -0.3 is 10.3 Å². The Morgan fingerprint density at radius 3 is 2.78 bits per heavy atom. The van der Waals surface area contributed by atoms with Crippen LogP contribution in [0.2, 0.25) is 0 Å². The van der Waals surface area contributed by atoms with Crippen molar-refractivity contribution < 1.29 is 4.79 Å². The van der Waals surface area contributed by atoms with Crippen LogP contribution in [0.4, 0.5) is 0 Å². The van der Waals surface area contributed by atoms with E-state index in [1.54, 1.807) is 18.6 Å². The lowest BCUT2D eigenvalue weighted by Gasteiger charge is -2.11. The van der Waals surface area contributed by atoms with Crippen LogP contribution < -0.4 is 16.6 Å². The topological polar surface area (TPSA) is 126 Å². The molecular weight excluding hydrogens is 348 g/mol. The molecule has 0 aliphatic heterocycles. The number of H-pyrrole nitrogens is 2. The van der Waals surface area contributed by atoms with E-state index in [0.717, 1.165) is 22.7 Å². The maximum atomic E-state index is 12.3. The number of aromatic nitrogens is 5. The highest BCUT2D eigenvalue weighted by atomic mass is 16.2. The molecule has 4 aromatic rings. The van der Waals surface area contributed by atoms with Crippen molar-refractivity contribution in [3.05, 3.63) is 87.1 Å². The summed E-state index contributed by atoms with van der Waals surface area (Å²) in [6.07, 6.45) is 3.33. The van der Waals surface area contributed by atoms with E-state index < -0.39 is 17.2 Å². The first-order valence-electron chi connectivity index (χ1n) is 8.10. The molecule has 4 rings (SSSR count). The lowest BCUT2D eigenvalue weighted by molar-refractivity contribution is 0.0945. The summed E-state index contributed by atoms with van der Waals surface area (Å²) in [5.41, 5.74) is 0.987. The van der Waals surface area contributed by atoms with E-state index in [0.29, 0.717) is 5.82 Å². The zero-order valence-corrected chi connectivity index (χ0v) is 14.0. The zero-order chi connectivity index (χ0) is 18.8. The van der Waals surface area contributed by atoms with Crippen molar-refractivity contribution in [3.63, 3.8) is 0 Å². The van der Waals surface area contributed by atoms with Crippen molar-refractivity contribution in [1.29, 1.82) is 0 Å². The number of carbonyl (C=O) groups is 1. The van der Waals surface area contributed by atoms with Gasteiger partial charge in [-0.25, -0.2) is 14.8 Å². The number of amides is 1. The number of pyridine rings is 1. The number of imidazole rings is 1. The molecule has 0 saturated heterocycles. The molecule has 9 nitrogen and oxygen atoms in total. The van der Waals surface area contributed by atoms with Crippen molar-refractivity contribution in [2.24, 2.45) is 0 Å². The molecule has 27 heavy (non-hydrogen) atoms. The SMILES string of the molecule is O=C(NCc1cccnc1-n1cnc2ccccc21)c1cc(=O)[nH]c(=O)[nH]1. The summed E-state index contributed by atoms with van der Waals surface area (Å²) in [4.78, 5) is 48.0. The third-order valence-electron chi connectivity index (χ3n) is 3.99. The minimum Gasteiger partial charge on any atom is -0.347 e. The number of fused-ring (bicyclic) bond motifs is 1. The molecule has 3 aromatic heterocycles. The van der Waals surface area contributed by atoms with Gasteiger partial charge in [-0.1, -0.05) is 18.2 Å². The minimum atomic E-state index is -0.736. The van der Waals surface area contributed by atoms with E-state index in [-0.39, 0.29) is 12.2 Å². The highest BCUT2D eigenvalue weighted by Crippen LogP contribution is 2.19. The van der Waals surface area contributed by atoms with Crippen LogP contribution in [0.1, 0.15) is 16.1 Å². The zero-order valence-electron chi connectivity index (χ0n) is 14.0. The van der Waals surface area contributed by atoms with E-state index >= 15 is 0 Å². The molecule has 0 atom stereocenters. The normalized spacial score (nSPS) is 10.8. The van der Waals surface area contributed by atoms with Crippen LogP contribution in [-0.4, -0.2) is 30.4 Å². The molecule has 0 aliphatic carbocycles. The van der Waals surface area contributed by atoms with Crippen molar-refractivity contribution in [1.82, 2.24) is 29.8 Å². The van der Waals surface area contributed by atoms with Gasteiger partial charge in [-0.3, -0.25) is 19.1 Å². The minimum absolute atomic E-state index is 0.109. The molecule has 1 amide bonds. The number of nitrogens with one attached hydrogen (secondary N) is 3. The highest BCUT2D eigenvalue weighted by molar-refractivity contribution is 5.92. The smallest absolute Gasteiger partial charge is 0.326 e. The molecule has 3 N–H and O–H groups in total. The lowest BCUT2D eigenvalue weighted by atomic mass is 10.2. The lowest BCUT2D eigenvalue weighted by Crippen LogP contribution is -2.30. The number of aromatic amines is 2. The van der Waals surface area contributed by atoms with Crippen LogP contribution in [0.3, 0.4) is 0 Å². The van der Waals surface area contributed by atoms with Gasteiger partial charge in [0.05, 0.1) is 11.0 Å². The fourth-order valence-corrected chi connectivity index (χ4v) is 2.77. The number of carbonyl (C=O) groups excluding carboxylic acids is 1. The first-order chi connectivity index (χ1) is 13.1. The summed E-state index contributed by atoms with van der Waals surface area (Å²) in [6.45, 7) is 0.156. The first kappa shape index (κ1) is 16.5. The average Bonchev–Trinajstić information content (AvgIpc) is 3.09. The predicted molar refractivity (Wildman–Crippen MR) is 97.7 cm³/mol. The van der Waals surface area contributed by atoms with Gasteiger partial charge in [0.2, 0.25) is 0 Å². The third kappa shape index (κ3) is 3.25. The van der Waals surface area contributed by atoms with Crippen molar-refractivity contribution >= 4 is 16.9 Å². The molecule has 0 radical (unpaired) electrons. The van der Waals surface area contributed by atoms with Crippen LogP contribution in [0.5, 0.6) is 0 Å². The van der Waals surface area contributed by atoms with Gasteiger partial charge in [-0.05, 0) is 18.2 Å². The number of hydrogen-bond donors (Lipinski definition) is 3. The molecule has 1 aromatic carbocycles. The largest absolute Gasteiger partial charge is 0.347 e. The van der Waals surface area contributed by atoms with E-state index in [1.165, 1.54) is 0 Å². The van der Waals surface area contributed by atoms with Gasteiger partial charge in [-0.15, -0.1) is 0 Å². The second-order valence-electron chi connectivity index (χ2n) is 5.77. The maximum absolute atomic E-state index is 12.3. The quantitative estimate of drug-likeness (QED) is 0.493. The number of para-hydroxylation sites is 2. The van der Waals surface area contributed by atoms with Crippen molar-refractivity contribution in [2.75, 3.05) is 0 Å². The Labute approximate surface area is 151 Å². The molecule has 9 heteroatoms. The number of hydrogen-bond acceptors (Lipinski definition) is 5.